The number of nitrogens with zero attached hydrogens (tertiary/aromatic N) is 3. The highest BCUT2D eigenvalue weighted by Gasteiger charge is 2.26. The zero-order valence-electron chi connectivity index (χ0n) is 18.8. The Morgan fingerprint density at radius 1 is 1.09 bits per heavy atom. The molecule has 1 fully saturated rings. The van der Waals surface area contributed by atoms with Gasteiger partial charge in [-0.1, -0.05) is 12.1 Å². The highest BCUT2D eigenvalue weighted by molar-refractivity contribution is 5.96. The smallest absolute Gasteiger partial charge is 0.255 e. The van der Waals surface area contributed by atoms with Crippen molar-refractivity contribution >= 4 is 5.91 Å². The van der Waals surface area contributed by atoms with Crippen molar-refractivity contribution in [3.63, 3.8) is 0 Å². The van der Waals surface area contributed by atoms with Crippen molar-refractivity contribution in [3.05, 3.63) is 76.9 Å². The molecule has 7 heteroatoms. The fraction of sp³-hybridized carbons (Fsp3) is 0.360. The minimum absolute atomic E-state index is 0.0973. The van der Waals surface area contributed by atoms with Gasteiger partial charge >= 0.3 is 0 Å². The van der Waals surface area contributed by atoms with Crippen molar-refractivity contribution in [1.82, 2.24) is 20.0 Å². The molecule has 2 aromatic carbocycles. The molecule has 0 spiro atoms. The Kier molecular flexibility index (Phi) is 6.55. The topological polar surface area (TPSA) is 59.4 Å². The maximum atomic E-state index is 13.3. The number of amides is 1. The van der Waals surface area contributed by atoms with Crippen LogP contribution in [0.25, 0.3) is 5.69 Å². The molecule has 1 N–H and O–H groups in total. The number of hydrogen-bond acceptors (Lipinski definition) is 4. The first-order valence-corrected chi connectivity index (χ1v) is 11.0. The van der Waals surface area contributed by atoms with E-state index in [1.54, 1.807) is 23.9 Å². The molecule has 6 nitrogen and oxygen atoms in total. The third-order valence-electron chi connectivity index (χ3n) is 6.13. The summed E-state index contributed by atoms with van der Waals surface area (Å²) in [5.74, 6) is 0.364. The van der Waals surface area contributed by atoms with Crippen LogP contribution in [-0.4, -0.2) is 47.3 Å². The van der Waals surface area contributed by atoms with Gasteiger partial charge in [0.2, 0.25) is 0 Å². The highest BCUT2D eigenvalue weighted by Crippen LogP contribution is 2.26. The number of benzene rings is 2. The Bertz CT molecular complexity index is 1070. The molecule has 0 unspecified atom stereocenters. The Balaban J connectivity index is 1.53. The van der Waals surface area contributed by atoms with Gasteiger partial charge in [0.25, 0.3) is 5.91 Å². The lowest BCUT2D eigenvalue weighted by Crippen LogP contribution is -2.37. The van der Waals surface area contributed by atoms with Crippen LogP contribution in [0.15, 0.2) is 48.5 Å². The van der Waals surface area contributed by atoms with Crippen molar-refractivity contribution in [3.8, 4) is 11.4 Å². The monoisotopic (exact) mass is 436 g/mol. The lowest BCUT2D eigenvalue weighted by molar-refractivity contribution is 0.0936. The summed E-state index contributed by atoms with van der Waals surface area (Å²) < 4.78 is 20.3. The van der Waals surface area contributed by atoms with E-state index in [0.29, 0.717) is 17.8 Å². The molecule has 2 heterocycles. The van der Waals surface area contributed by atoms with Crippen LogP contribution in [0.3, 0.4) is 0 Å². The number of likely N-dealkylation sites (tertiary alicyclic amines) is 1. The van der Waals surface area contributed by atoms with Crippen molar-refractivity contribution in [2.24, 2.45) is 0 Å². The second-order valence-corrected chi connectivity index (χ2v) is 8.18. The van der Waals surface area contributed by atoms with Crippen LogP contribution in [0, 0.1) is 19.7 Å². The van der Waals surface area contributed by atoms with Gasteiger partial charge in [-0.25, -0.2) is 9.07 Å². The van der Waals surface area contributed by atoms with Crippen molar-refractivity contribution in [2.45, 2.75) is 32.7 Å². The van der Waals surface area contributed by atoms with Crippen LogP contribution in [0.4, 0.5) is 4.39 Å². The molecule has 0 saturated carbocycles. The average Bonchev–Trinajstić information content (AvgIpc) is 3.43. The van der Waals surface area contributed by atoms with Gasteiger partial charge in [-0.15, -0.1) is 0 Å². The largest absolute Gasteiger partial charge is 0.497 e. The number of aryl methyl sites for hydroxylation is 1. The Morgan fingerprint density at radius 3 is 2.38 bits per heavy atom. The Labute approximate surface area is 188 Å². The first-order valence-electron chi connectivity index (χ1n) is 11.0. The summed E-state index contributed by atoms with van der Waals surface area (Å²) in [6.45, 7) is 6.23. The number of aromatic nitrogens is 2. The number of hydrogen-bond donors (Lipinski definition) is 1. The van der Waals surface area contributed by atoms with E-state index in [-0.39, 0.29) is 17.8 Å². The predicted molar refractivity (Wildman–Crippen MR) is 122 cm³/mol. The summed E-state index contributed by atoms with van der Waals surface area (Å²) in [6.07, 6.45) is 2.34. The fourth-order valence-electron chi connectivity index (χ4n) is 4.42. The Hall–Kier alpha value is -3.19. The molecule has 168 valence electrons. The minimum atomic E-state index is -0.306. The van der Waals surface area contributed by atoms with E-state index >= 15 is 0 Å². The number of carbonyl (C=O) groups is 1. The molecule has 4 rings (SSSR count). The number of rotatable bonds is 7. The average molecular weight is 437 g/mol. The summed E-state index contributed by atoms with van der Waals surface area (Å²) in [6, 6.07) is 14.2. The van der Waals surface area contributed by atoms with Crippen molar-refractivity contribution in [2.75, 3.05) is 26.7 Å². The second kappa shape index (κ2) is 9.53. The van der Waals surface area contributed by atoms with E-state index in [1.807, 2.05) is 26.0 Å². The zero-order chi connectivity index (χ0) is 22.7. The molecule has 1 amide bonds. The molecule has 1 saturated heterocycles. The zero-order valence-corrected chi connectivity index (χ0v) is 18.8. The van der Waals surface area contributed by atoms with Crippen LogP contribution in [0.1, 0.15) is 46.2 Å². The minimum Gasteiger partial charge on any atom is -0.497 e. The number of halogens is 1. The molecule has 32 heavy (non-hydrogen) atoms. The molecule has 1 aliphatic rings. The van der Waals surface area contributed by atoms with E-state index in [1.165, 1.54) is 25.0 Å². The van der Waals surface area contributed by atoms with E-state index in [4.69, 9.17) is 4.74 Å². The maximum Gasteiger partial charge on any atom is 0.255 e. The van der Waals surface area contributed by atoms with E-state index < -0.39 is 0 Å². The highest BCUT2D eigenvalue weighted by atomic mass is 19.1. The van der Waals surface area contributed by atoms with Gasteiger partial charge in [-0.3, -0.25) is 9.69 Å². The Morgan fingerprint density at radius 2 is 1.75 bits per heavy atom. The summed E-state index contributed by atoms with van der Waals surface area (Å²) in [4.78, 5) is 15.6. The normalized spacial score (nSPS) is 15.0. The van der Waals surface area contributed by atoms with Gasteiger partial charge in [-0.05, 0) is 81.7 Å². The van der Waals surface area contributed by atoms with E-state index in [2.05, 4.69) is 27.4 Å². The van der Waals surface area contributed by atoms with Gasteiger partial charge in [0.1, 0.15) is 11.6 Å². The molecule has 0 radical (unpaired) electrons. The SMILES string of the molecule is COc1ccc([C@H](CNC(=O)c2c(C)nn(-c3ccc(F)cc3)c2C)N2CCCC2)cc1. The third kappa shape index (κ3) is 4.53. The van der Waals surface area contributed by atoms with Crippen LogP contribution in [0.5, 0.6) is 5.75 Å². The quantitative estimate of drug-likeness (QED) is 0.603. The van der Waals surface area contributed by atoms with Crippen LogP contribution in [-0.2, 0) is 0 Å². The molecule has 0 bridgehead atoms. The van der Waals surface area contributed by atoms with Crippen LogP contribution < -0.4 is 10.1 Å². The second-order valence-electron chi connectivity index (χ2n) is 8.18. The number of carbonyl (C=O) groups excluding carboxylic acids is 1. The predicted octanol–water partition coefficient (Wildman–Crippen LogP) is 4.20. The molecule has 3 aromatic rings. The van der Waals surface area contributed by atoms with Gasteiger partial charge in [0.15, 0.2) is 0 Å². The van der Waals surface area contributed by atoms with Gasteiger partial charge in [0.05, 0.1) is 35.8 Å². The first kappa shape index (κ1) is 22.0. The van der Waals surface area contributed by atoms with Crippen LogP contribution in [0.2, 0.25) is 0 Å². The maximum absolute atomic E-state index is 13.3. The number of ether oxygens (including phenoxy) is 1. The van der Waals surface area contributed by atoms with Gasteiger partial charge < -0.3 is 10.1 Å². The molecular weight excluding hydrogens is 407 g/mol. The van der Waals surface area contributed by atoms with Gasteiger partial charge in [0, 0.05) is 6.54 Å². The van der Waals surface area contributed by atoms with Crippen molar-refractivity contribution < 1.29 is 13.9 Å². The molecule has 1 atom stereocenters. The lowest BCUT2D eigenvalue weighted by atomic mass is 10.0. The van der Waals surface area contributed by atoms with Crippen LogP contribution >= 0.6 is 0 Å². The molecule has 1 aliphatic heterocycles. The summed E-state index contributed by atoms with van der Waals surface area (Å²) in [7, 11) is 1.66. The molecule has 0 aliphatic carbocycles. The molecular formula is C25H29FN4O2. The third-order valence-corrected chi connectivity index (χ3v) is 6.13. The summed E-state index contributed by atoms with van der Waals surface area (Å²) in [5, 5.41) is 7.66. The van der Waals surface area contributed by atoms with Gasteiger partial charge in [-0.2, -0.15) is 5.10 Å². The fourth-order valence-corrected chi connectivity index (χ4v) is 4.42. The first-order chi connectivity index (χ1) is 15.5. The number of methoxy groups -OCH3 is 1. The van der Waals surface area contributed by atoms with Crippen molar-refractivity contribution in [1.29, 1.82) is 0 Å². The lowest BCUT2D eigenvalue weighted by Gasteiger charge is -2.28. The number of nitrogens with one attached hydrogen (secondary N) is 1. The standard InChI is InChI=1S/C25H29FN4O2/c1-17-24(18(2)30(28-17)21-10-8-20(26)9-11-21)25(31)27-16-23(29-14-4-5-15-29)19-6-12-22(32-3)13-7-19/h6-13,23H,4-5,14-16H2,1-3H3,(H,27,31)/t23-/m0/s1. The van der Waals surface area contributed by atoms with E-state index in [9.17, 15) is 9.18 Å². The summed E-state index contributed by atoms with van der Waals surface area (Å²) in [5.41, 5.74) is 3.81. The van der Waals surface area contributed by atoms with E-state index in [0.717, 1.165) is 35.8 Å². The summed E-state index contributed by atoms with van der Waals surface area (Å²) >= 11 is 0. The molecule has 1 aromatic heterocycles.